The number of aromatic nitrogens is 2. The topological polar surface area (TPSA) is 67.6 Å². The van der Waals surface area contributed by atoms with E-state index in [2.05, 4.69) is 51.0 Å². The van der Waals surface area contributed by atoms with Gasteiger partial charge in [0.1, 0.15) is 11.3 Å². The highest BCUT2D eigenvalue weighted by atomic mass is 16.5. The Morgan fingerprint density at radius 3 is 2.59 bits per heavy atom. The molecule has 2 aromatic carbocycles. The molecule has 0 unspecified atom stereocenters. The fourth-order valence-corrected chi connectivity index (χ4v) is 5.08. The van der Waals surface area contributed by atoms with E-state index in [-0.39, 0.29) is 5.56 Å². The zero-order valence-corrected chi connectivity index (χ0v) is 19.4. The van der Waals surface area contributed by atoms with Crippen LogP contribution in [0.15, 0.2) is 73.1 Å². The Kier molecular flexibility index (Phi) is 6.32. The molecular weight excluding hydrogens is 426 g/mol. The average Bonchev–Trinajstić information content (AvgIpc) is 3.23. The molecule has 4 aromatic rings. The maximum atomic E-state index is 11.5. The number of piperidine rings is 1. The van der Waals surface area contributed by atoms with Gasteiger partial charge in [-0.1, -0.05) is 30.3 Å². The fourth-order valence-electron chi connectivity index (χ4n) is 5.08. The summed E-state index contributed by atoms with van der Waals surface area (Å²) < 4.78 is 7.51. The number of benzene rings is 2. The van der Waals surface area contributed by atoms with Crippen molar-refractivity contribution in [2.75, 3.05) is 20.2 Å². The SMILES string of the molecule is COc1ccc(CN2CCC(c3cn(Cc4ccccn4)c4ccccc34)CC2)cc1C(=O)O. The van der Waals surface area contributed by atoms with Gasteiger partial charge in [0.05, 0.1) is 19.3 Å². The number of hydrogen-bond donors (Lipinski definition) is 1. The third kappa shape index (κ3) is 4.54. The minimum absolute atomic E-state index is 0.218. The quantitative estimate of drug-likeness (QED) is 0.416. The second-order valence-electron chi connectivity index (χ2n) is 8.94. The number of likely N-dealkylation sites (tertiary alicyclic amines) is 1. The number of methoxy groups -OCH3 is 1. The number of rotatable bonds is 7. The van der Waals surface area contributed by atoms with E-state index in [1.807, 2.05) is 24.4 Å². The van der Waals surface area contributed by atoms with Crippen molar-refractivity contribution in [3.05, 3.63) is 95.4 Å². The third-order valence-electron chi connectivity index (χ3n) is 6.81. The molecule has 5 rings (SSSR count). The molecule has 1 saturated heterocycles. The maximum Gasteiger partial charge on any atom is 0.339 e. The van der Waals surface area contributed by atoms with Crippen LogP contribution < -0.4 is 4.74 Å². The van der Waals surface area contributed by atoms with Gasteiger partial charge in [-0.15, -0.1) is 0 Å². The van der Waals surface area contributed by atoms with Crippen molar-refractivity contribution >= 4 is 16.9 Å². The number of aromatic carboxylic acids is 1. The molecule has 1 N–H and O–H groups in total. The van der Waals surface area contributed by atoms with E-state index in [0.29, 0.717) is 11.7 Å². The van der Waals surface area contributed by atoms with Gasteiger partial charge in [0.15, 0.2) is 0 Å². The van der Waals surface area contributed by atoms with Crippen molar-refractivity contribution < 1.29 is 14.6 Å². The molecule has 3 heterocycles. The Morgan fingerprint density at radius 2 is 1.85 bits per heavy atom. The van der Waals surface area contributed by atoms with Crippen LogP contribution in [-0.4, -0.2) is 45.7 Å². The highest BCUT2D eigenvalue weighted by Gasteiger charge is 2.24. The largest absolute Gasteiger partial charge is 0.496 e. The third-order valence-corrected chi connectivity index (χ3v) is 6.81. The molecule has 0 aliphatic carbocycles. The van der Waals surface area contributed by atoms with Gasteiger partial charge < -0.3 is 14.4 Å². The molecule has 0 radical (unpaired) electrons. The molecule has 0 saturated carbocycles. The maximum absolute atomic E-state index is 11.5. The van der Waals surface area contributed by atoms with Gasteiger partial charge in [-0.05, 0) is 73.3 Å². The van der Waals surface area contributed by atoms with E-state index in [9.17, 15) is 9.90 Å². The highest BCUT2D eigenvalue weighted by molar-refractivity contribution is 5.91. The summed E-state index contributed by atoms with van der Waals surface area (Å²) in [5, 5.41) is 10.8. The Morgan fingerprint density at radius 1 is 1.06 bits per heavy atom. The molecule has 6 heteroatoms. The molecule has 174 valence electrons. The number of carboxylic acid groups (broad SMARTS) is 1. The number of para-hydroxylation sites is 1. The normalized spacial score (nSPS) is 15.0. The van der Waals surface area contributed by atoms with Crippen molar-refractivity contribution in [1.82, 2.24) is 14.5 Å². The van der Waals surface area contributed by atoms with Crippen molar-refractivity contribution in [3.63, 3.8) is 0 Å². The van der Waals surface area contributed by atoms with Crippen LogP contribution in [0.3, 0.4) is 0 Å². The summed E-state index contributed by atoms with van der Waals surface area (Å²) in [6.07, 6.45) is 6.33. The van der Waals surface area contributed by atoms with Gasteiger partial charge in [0, 0.05) is 29.8 Å². The Balaban J connectivity index is 1.30. The predicted molar refractivity (Wildman–Crippen MR) is 132 cm³/mol. The molecule has 34 heavy (non-hydrogen) atoms. The van der Waals surface area contributed by atoms with E-state index in [1.165, 1.54) is 23.6 Å². The second-order valence-corrected chi connectivity index (χ2v) is 8.94. The Bertz CT molecular complexity index is 1290. The van der Waals surface area contributed by atoms with Crippen molar-refractivity contribution in [3.8, 4) is 5.75 Å². The number of carboxylic acids is 1. The summed E-state index contributed by atoms with van der Waals surface area (Å²) >= 11 is 0. The van der Waals surface area contributed by atoms with Gasteiger partial charge in [0.2, 0.25) is 0 Å². The number of nitrogens with zero attached hydrogens (tertiary/aromatic N) is 3. The molecular formula is C28H29N3O3. The molecule has 0 bridgehead atoms. The van der Waals surface area contributed by atoms with Crippen LogP contribution in [0.2, 0.25) is 0 Å². The lowest BCUT2D eigenvalue weighted by Crippen LogP contribution is -2.32. The number of carbonyl (C=O) groups is 1. The van der Waals surface area contributed by atoms with Crippen LogP contribution in [0.1, 0.15) is 45.9 Å². The van der Waals surface area contributed by atoms with E-state index in [0.717, 1.165) is 50.3 Å². The molecule has 0 spiro atoms. The van der Waals surface area contributed by atoms with E-state index in [1.54, 1.807) is 12.1 Å². The van der Waals surface area contributed by atoms with Gasteiger partial charge in [-0.3, -0.25) is 9.88 Å². The zero-order chi connectivity index (χ0) is 23.5. The first kappa shape index (κ1) is 22.2. The molecule has 6 nitrogen and oxygen atoms in total. The van der Waals surface area contributed by atoms with Crippen molar-refractivity contribution in [1.29, 1.82) is 0 Å². The lowest BCUT2D eigenvalue weighted by atomic mass is 9.89. The summed E-state index contributed by atoms with van der Waals surface area (Å²) in [5.41, 5.74) is 4.96. The zero-order valence-electron chi connectivity index (χ0n) is 19.4. The summed E-state index contributed by atoms with van der Waals surface area (Å²) in [5.74, 6) is -0.0480. The van der Waals surface area contributed by atoms with E-state index in [4.69, 9.17) is 4.74 Å². The molecule has 2 aromatic heterocycles. The van der Waals surface area contributed by atoms with Crippen LogP contribution in [0, 0.1) is 0 Å². The fraction of sp³-hybridized carbons (Fsp3) is 0.286. The lowest BCUT2D eigenvalue weighted by molar-refractivity contribution is 0.0693. The monoisotopic (exact) mass is 455 g/mol. The van der Waals surface area contributed by atoms with Crippen molar-refractivity contribution in [2.24, 2.45) is 0 Å². The first-order valence-corrected chi connectivity index (χ1v) is 11.7. The summed E-state index contributed by atoms with van der Waals surface area (Å²) in [7, 11) is 1.50. The molecule has 0 atom stereocenters. The minimum Gasteiger partial charge on any atom is -0.496 e. The van der Waals surface area contributed by atoms with Crippen LogP contribution in [0.5, 0.6) is 5.75 Å². The number of ether oxygens (including phenoxy) is 1. The second kappa shape index (κ2) is 9.69. The highest BCUT2D eigenvalue weighted by Crippen LogP contribution is 2.35. The lowest BCUT2D eigenvalue weighted by Gasteiger charge is -2.32. The Hall–Kier alpha value is -3.64. The smallest absolute Gasteiger partial charge is 0.339 e. The van der Waals surface area contributed by atoms with Gasteiger partial charge in [-0.2, -0.15) is 0 Å². The van der Waals surface area contributed by atoms with Gasteiger partial charge >= 0.3 is 5.97 Å². The molecule has 1 fully saturated rings. The standard InChI is InChI=1S/C28H29N3O3/c1-34-27-10-9-20(16-24(27)28(32)33)17-30-14-11-21(12-15-30)25-19-31(18-22-6-4-5-13-29-22)26-8-3-2-7-23(25)26/h2-10,13,16,19,21H,11-12,14-15,17-18H2,1H3,(H,32,33). The van der Waals surface area contributed by atoms with Crippen molar-refractivity contribution in [2.45, 2.75) is 31.8 Å². The first-order valence-electron chi connectivity index (χ1n) is 11.7. The van der Waals surface area contributed by atoms with Crippen LogP contribution in [-0.2, 0) is 13.1 Å². The average molecular weight is 456 g/mol. The minimum atomic E-state index is -0.959. The summed E-state index contributed by atoms with van der Waals surface area (Å²) in [6.45, 7) is 3.49. The van der Waals surface area contributed by atoms with Crippen LogP contribution >= 0.6 is 0 Å². The first-order chi connectivity index (χ1) is 16.6. The number of fused-ring (bicyclic) bond motifs is 1. The van der Waals surface area contributed by atoms with E-state index >= 15 is 0 Å². The Labute approximate surface area is 199 Å². The predicted octanol–water partition coefficient (Wildman–Crippen LogP) is 5.17. The molecule has 1 aliphatic rings. The van der Waals surface area contributed by atoms with Crippen LogP contribution in [0.25, 0.3) is 10.9 Å². The summed E-state index contributed by atoms with van der Waals surface area (Å²) in [6, 6.07) is 20.2. The van der Waals surface area contributed by atoms with E-state index < -0.39 is 5.97 Å². The number of hydrogen-bond acceptors (Lipinski definition) is 4. The summed E-state index contributed by atoms with van der Waals surface area (Å²) in [4.78, 5) is 18.5. The number of pyridine rings is 1. The molecule has 0 amide bonds. The van der Waals surface area contributed by atoms with Gasteiger partial charge in [0.25, 0.3) is 0 Å². The van der Waals surface area contributed by atoms with Gasteiger partial charge in [-0.25, -0.2) is 4.79 Å². The van der Waals surface area contributed by atoms with Crippen LogP contribution in [0.4, 0.5) is 0 Å². The molecule has 1 aliphatic heterocycles.